The Balaban J connectivity index is 1.58. The molecule has 1 aliphatic rings. The van der Waals surface area contributed by atoms with Crippen LogP contribution >= 0.6 is 23.1 Å². The molecule has 0 aliphatic carbocycles. The Bertz CT molecular complexity index is 753. The number of thioether (sulfide) groups is 1. The maximum absolute atomic E-state index is 12.3. The third-order valence-electron chi connectivity index (χ3n) is 3.88. The molecule has 7 heteroatoms. The lowest BCUT2D eigenvalue weighted by molar-refractivity contribution is 0.0702. The Morgan fingerprint density at radius 1 is 1.20 bits per heavy atom. The van der Waals surface area contributed by atoms with Crippen molar-refractivity contribution < 1.29 is 19.4 Å². The van der Waals surface area contributed by atoms with Crippen LogP contribution in [0.2, 0.25) is 0 Å². The van der Waals surface area contributed by atoms with Crippen LogP contribution in [0.25, 0.3) is 0 Å². The van der Waals surface area contributed by atoms with Gasteiger partial charge in [0.1, 0.15) is 4.88 Å². The first kappa shape index (κ1) is 18.0. The summed E-state index contributed by atoms with van der Waals surface area (Å²) in [4.78, 5) is 23.7. The van der Waals surface area contributed by atoms with E-state index in [2.05, 4.69) is 11.4 Å². The number of thiophene rings is 1. The zero-order valence-corrected chi connectivity index (χ0v) is 15.2. The van der Waals surface area contributed by atoms with Crippen molar-refractivity contribution in [1.29, 1.82) is 0 Å². The van der Waals surface area contributed by atoms with Gasteiger partial charge in [-0.1, -0.05) is 12.1 Å². The van der Waals surface area contributed by atoms with Crippen molar-refractivity contribution in [2.24, 2.45) is 0 Å². The summed E-state index contributed by atoms with van der Waals surface area (Å²) in [6.07, 6.45) is 2.18. The van der Waals surface area contributed by atoms with E-state index in [-0.39, 0.29) is 10.8 Å². The van der Waals surface area contributed by atoms with Crippen molar-refractivity contribution in [3.63, 3.8) is 0 Å². The highest BCUT2D eigenvalue weighted by molar-refractivity contribution is 7.99. The highest BCUT2D eigenvalue weighted by Gasteiger charge is 2.15. The molecule has 2 N–H and O–H groups in total. The van der Waals surface area contributed by atoms with Gasteiger partial charge in [-0.15, -0.1) is 11.3 Å². The molecule has 1 amide bonds. The molecule has 0 atom stereocenters. The van der Waals surface area contributed by atoms with E-state index >= 15 is 0 Å². The first-order valence-electron chi connectivity index (χ1n) is 8.04. The number of benzene rings is 1. The number of anilines is 1. The molecule has 1 aliphatic heterocycles. The molecule has 3 rings (SSSR count). The molecule has 5 nitrogen and oxygen atoms in total. The van der Waals surface area contributed by atoms with Crippen molar-refractivity contribution in [3.8, 4) is 0 Å². The van der Waals surface area contributed by atoms with Crippen LogP contribution in [-0.2, 0) is 10.5 Å². The van der Waals surface area contributed by atoms with E-state index in [4.69, 9.17) is 9.84 Å². The van der Waals surface area contributed by atoms with E-state index in [0.717, 1.165) is 54.4 Å². The largest absolute Gasteiger partial charge is 0.477 e. The molecule has 1 fully saturated rings. The Labute approximate surface area is 154 Å². The number of carbonyl (C=O) groups is 2. The number of amides is 1. The maximum atomic E-state index is 12.3. The lowest BCUT2D eigenvalue weighted by Crippen LogP contribution is -2.17. The molecule has 1 aromatic heterocycles. The van der Waals surface area contributed by atoms with Gasteiger partial charge in [0.15, 0.2) is 0 Å². The van der Waals surface area contributed by atoms with Gasteiger partial charge in [-0.05, 0) is 42.7 Å². The molecule has 0 unspecified atom stereocenters. The molecular weight excluding hydrogens is 358 g/mol. The summed E-state index contributed by atoms with van der Waals surface area (Å²) < 4.78 is 5.38. The number of carbonyl (C=O) groups excluding carboxylic acids is 1. The van der Waals surface area contributed by atoms with Gasteiger partial charge in [-0.3, -0.25) is 4.79 Å². The molecule has 1 aromatic carbocycles. The van der Waals surface area contributed by atoms with Gasteiger partial charge < -0.3 is 15.2 Å². The molecule has 2 heterocycles. The molecule has 0 spiro atoms. The summed E-state index contributed by atoms with van der Waals surface area (Å²) in [6, 6.07) is 10.8. The SMILES string of the molecule is O=C(O)c1ccc(C(=O)Nc2cccc(CSC3CCOCC3)c2)s1. The Hall–Kier alpha value is -1.83. The van der Waals surface area contributed by atoms with E-state index < -0.39 is 5.97 Å². The number of nitrogens with one attached hydrogen (secondary N) is 1. The number of hydrogen-bond donors (Lipinski definition) is 2. The summed E-state index contributed by atoms with van der Waals surface area (Å²) in [5, 5.41) is 12.4. The summed E-state index contributed by atoms with van der Waals surface area (Å²) in [5.41, 5.74) is 1.88. The van der Waals surface area contributed by atoms with E-state index in [1.165, 1.54) is 12.1 Å². The standard InChI is InChI=1S/C18H19NO4S2/c20-17(15-4-5-16(25-15)18(21)22)19-13-3-1-2-12(10-13)11-24-14-6-8-23-9-7-14/h1-5,10,14H,6-9,11H2,(H,19,20)(H,21,22). The van der Waals surface area contributed by atoms with Crippen LogP contribution in [0.3, 0.4) is 0 Å². The monoisotopic (exact) mass is 377 g/mol. The van der Waals surface area contributed by atoms with Crippen molar-refractivity contribution in [2.75, 3.05) is 18.5 Å². The molecule has 2 aromatic rings. The molecule has 25 heavy (non-hydrogen) atoms. The van der Waals surface area contributed by atoms with Gasteiger partial charge in [0.25, 0.3) is 5.91 Å². The van der Waals surface area contributed by atoms with Crippen molar-refractivity contribution in [2.45, 2.75) is 23.8 Å². The number of aromatic carboxylic acids is 1. The average Bonchev–Trinajstić information content (AvgIpc) is 3.12. The minimum Gasteiger partial charge on any atom is -0.477 e. The lowest BCUT2D eigenvalue weighted by atomic mass is 10.2. The van der Waals surface area contributed by atoms with Gasteiger partial charge in [0.05, 0.1) is 4.88 Å². The Morgan fingerprint density at radius 2 is 1.96 bits per heavy atom. The second kappa shape index (κ2) is 8.51. The fourth-order valence-electron chi connectivity index (χ4n) is 2.56. The summed E-state index contributed by atoms with van der Waals surface area (Å²) in [5.74, 6) is -0.404. The molecule has 1 saturated heterocycles. The molecule has 0 bridgehead atoms. The van der Waals surface area contributed by atoms with E-state index in [9.17, 15) is 9.59 Å². The Morgan fingerprint density at radius 3 is 2.68 bits per heavy atom. The van der Waals surface area contributed by atoms with E-state index in [1.54, 1.807) is 0 Å². The van der Waals surface area contributed by atoms with Crippen LogP contribution < -0.4 is 5.32 Å². The molecule has 0 radical (unpaired) electrons. The number of carboxylic acids is 1. The fraction of sp³-hybridized carbons (Fsp3) is 0.333. The predicted molar refractivity (Wildman–Crippen MR) is 101 cm³/mol. The molecular formula is C18H19NO4S2. The summed E-state index contributed by atoms with van der Waals surface area (Å²) in [7, 11) is 0. The minimum atomic E-state index is -1.02. The molecule has 0 saturated carbocycles. The van der Waals surface area contributed by atoms with Gasteiger partial charge in [-0.25, -0.2) is 4.79 Å². The fourth-order valence-corrected chi connectivity index (χ4v) is 4.44. The van der Waals surface area contributed by atoms with E-state index in [0.29, 0.717) is 10.1 Å². The smallest absolute Gasteiger partial charge is 0.345 e. The lowest BCUT2D eigenvalue weighted by Gasteiger charge is -2.21. The Kier molecular flexibility index (Phi) is 6.12. The number of ether oxygens (including phenoxy) is 1. The van der Waals surface area contributed by atoms with Crippen molar-refractivity contribution in [1.82, 2.24) is 0 Å². The van der Waals surface area contributed by atoms with E-state index in [1.807, 2.05) is 30.0 Å². The van der Waals surface area contributed by atoms with Crippen LogP contribution in [0, 0.1) is 0 Å². The second-order valence-electron chi connectivity index (χ2n) is 5.75. The highest BCUT2D eigenvalue weighted by atomic mass is 32.2. The maximum Gasteiger partial charge on any atom is 0.345 e. The quantitative estimate of drug-likeness (QED) is 0.792. The van der Waals surface area contributed by atoms with Crippen LogP contribution in [0.15, 0.2) is 36.4 Å². The number of rotatable bonds is 6. The van der Waals surface area contributed by atoms with Gasteiger partial charge >= 0.3 is 5.97 Å². The third kappa shape index (κ3) is 5.07. The zero-order chi connectivity index (χ0) is 17.6. The van der Waals surface area contributed by atoms with Crippen molar-refractivity contribution in [3.05, 3.63) is 51.7 Å². The average molecular weight is 377 g/mol. The summed E-state index contributed by atoms with van der Waals surface area (Å²) >= 11 is 2.90. The van der Waals surface area contributed by atoms with Crippen LogP contribution in [-0.4, -0.2) is 35.4 Å². The molecule has 132 valence electrons. The van der Waals surface area contributed by atoms with Gasteiger partial charge in [0, 0.05) is 29.9 Å². The van der Waals surface area contributed by atoms with Crippen LogP contribution in [0.5, 0.6) is 0 Å². The normalized spacial score (nSPS) is 15.0. The minimum absolute atomic E-state index is 0.159. The van der Waals surface area contributed by atoms with Crippen LogP contribution in [0.4, 0.5) is 5.69 Å². The zero-order valence-electron chi connectivity index (χ0n) is 13.6. The first-order chi connectivity index (χ1) is 12.1. The van der Waals surface area contributed by atoms with Gasteiger partial charge in [-0.2, -0.15) is 11.8 Å². The second-order valence-corrected chi connectivity index (χ2v) is 8.12. The predicted octanol–water partition coefficient (Wildman–Crippen LogP) is 4.11. The first-order valence-corrected chi connectivity index (χ1v) is 9.91. The topological polar surface area (TPSA) is 75.6 Å². The number of hydrogen-bond acceptors (Lipinski definition) is 5. The highest BCUT2D eigenvalue weighted by Crippen LogP contribution is 2.26. The van der Waals surface area contributed by atoms with Gasteiger partial charge in [0.2, 0.25) is 0 Å². The third-order valence-corrected chi connectivity index (χ3v) is 6.39. The number of carboxylic acid groups (broad SMARTS) is 1. The summed E-state index contributed by atoms with van der Waals surface area (Å²) in [6.45, 7) is 1.68. The van der Waals surface area contributed by atoms with Crippen LogP contribution in [0.1, 0.15) is 37.7 Å². The van der Waals surface area contributed by atoms with Crippen molar-refractivity contribution >= 4 is 40.7 Å².